The molecule has 2 atom stereocenters. The average molecular weight is 788 g/mol. The van der Waals surface area contributed by atoms with E-state index in [0.717, 1.165) is 83.5 Å². The van der Waals surface area contributed by atoms with Crippen molar-refractivity contribution in [1.29, 1.82) is 0 Å². The number of allylic oxidation sites excluding steroid dienone is 16. The van der Waals surface area contributed by atoms with Gasteiger partial charge in [-0.15, -0.1) is 0 Å². The first-order chi connectivity index (χ1) is 26.8. The lowest BCUT2D eigenvalue weighted by Gasteiger charge is -2.19. The number of rotatable bonds is 37. The van der Waals surface area contributed by atoms with Crippen molar-refractivity contribution >= 4 is 19.8 Å². The number of esters is 2. The molecule has 0 amide bonds. The SMILES string of the molecule is CC/C=C/C/C=C/C/C=C/C/C=C/C/C=C/CCCCCC(=O)OC[C@H](COP(=O)(O)OCCN)OC(=O)CCCC/C=C/C/C=C/C/C=C/CCCCC. The van der Waals surface area contributed by atoms with E-state index in [2.05, 4.69) is 111 Å². The van der Waals surface area contributed by atoms with Crippen molar-refractivity contribution in [2.24, 2.45) is 5.73 Å². The van der Waals surface area contributed by atoms with Gasteiger partial charge in [0.2, 0.25) is 0 Å². The molecule has 0 aromatic rings. The van der Waals surface area contributed by atoms with Gasteiger partial charge in [0, 0.05) is 19.4 Å². The third kappa shape index (κ3) is 40.4. The summed E-state index contributed by atoms with van der Waals surface area (Å²) in [5.41, 5.74) is 5.34. The molecule has 0 heterocycles. The van der Waals surface area contributed by atoms with Crippen molar-refractivity contribution in [3.63, 3.8) is 0 Å². The zero-order chi connectivity index (χ0) is 40.3. The summed E-state index contributed by atoms with van der Waals surface area (Å²) in [6.07, 6.45) is 51.5. The van der Waals surface area contributed by atoms with Gasteiger partial charge in [-0.25, -0.2) is 4.57 Å². The Hall–Kier alpha value is -3.07. The van der Waals surface area contributed by atoms with E-state index in [1.165, 1.54) is 19.3 Å². The van der Waals surface area contributed by atoms with E-state index in [4.69, 9.17) is 24.3 Å². The van der Waals surface area contributed by atoms with E-state index in [0.29, 0.717) is 12.8 Å². The number of phosphoric acid groups is 1. The molecule has 0 fully saturated rings. The third-order valence-corrected chi connectivity index (χ3v) is 8.94. The summed E-state index contributed by atoms with van der Waals surface area (Å²) in [6, 6.07) is 0. The van der Waals surface area contributed by atoms with Crippen LogP contribution in [0.15, 0.2) is 97.2 Å². The minimum atomic E-state index is -4.40. The average Bonchev–Trinajstić information content (AvgIpc) is 3.17. The summed E-state index contributed by atoms with van der Waals surface area (Å²) in [4.78, 5) is 34.8. The summed E-state index contributed by atoms with van der Waals surface area (Å²) in [5.74, 6) is -0.923. The summed E-state index contributed by atoms with van der Waals surface area (Å²) < 4.78 is 32.7. The molecule has 0 saturated carbocycles. The molecule has 55 heavy (non-hydrogen) atoms. The Balaban J connectivity index is 4.33. The zero-order valence-corrected chi connectivity index (χ0v) is 35.0. The molecular weight excluding hydrogens is 713 g/mol. The third-order valence-electron chi connectivity index (χ3n) is 7.95. The molecule has 0 bridgehead atoms. The molecule has 0 aliphatic heterocycles. The monoisotopic (exact) mass is 788 g/mol. The number of phosphoric ester groups is 1. The number of hydrogen-bond donors (Lipinski definition) is 2. The fraction of sp³-hybridized carbons (Fsp3) is 0.600. The van der Waals surface area contributed by atoms with Gasteiger partial charge >= 0.3 is 19.8 Å². The summed E-state index contributed by atoms with van der Waals surface area (Å²) in [5, 5.41) is 0. The Kier molecular flexibility index (Phi) is 38.3. The second-order valence-electron chi connectivity index (χ2n) is 13.1. The van der Waals surface area contributed by atoms with Crippen LogP contribution < -0.4 is 5.73 Å². The van der Waals surface area contributed by atoms with Crippen LogP contribution in [0.5, 0.6) is 0 Å². The lowest BCUT2D eigenvalue weighted by molar-refractivity contribution is -0.161. The van der Waals surface area contributed by atoms with Gasteiger partial charge in [-0.3, -0.25) is 18.6 Å². The van der Waals surface area contributed by atoms with Crippen molar-refractivity contribution in [2.45, 2.75) is 148 Å². The first-order valence-electron chi connectivity index (χ1n) is 20.7. The Morgan fingerprint density at radius 2 is 1.00 bits per heavy atom. The highest BCUT2D eigenvalue weighted by atomic mass is 31.2. The zero-order valence-electron chi connectivity index (χ0n) is 34.1. The summed E-state index contributed by atoms with van der Waals surface area (Å²) in [7, 11) is -4.40. The maximum Gasteiger partial charge on any atom is 0.472 e. The van der Waals surface area contributed by atoms with E-state index < -0.39 is 32.5 Å². The molecule has 0 aromatic carbocycles. The van der Waals surface area contributed by atoms with Gasteiger partial charge in [0.25, 0.3) is 0 Å². The van der Waals surface area contributed by atoms with Gasteiger partial charge in [0.1, 0.15) is 6.61 Å². The van der Waals surface area contributed by atoms with Crippen LogP contribution >= 0.6 is 7.82 Å². The molecular formula is C45H74NO8P. The second kappa shape index (κ2) is 40.6. The molecule has 0 radical (unpaired) electrons. The number of carbonyl (C=O) groups is 2. The summed E-state index contributed by atoms with van der Waals surface area (Å²) in [6.45, 7) is 3.47. The Morgan fingerprint density at radius 1 is 0.564 bits per heavy atom. The van der Waals surface area contributed by atoms with Crippen LogP contribution in [0.3, 0.4) is 0 Å². The van der Waals surface area contributed by atoms with Gasteiger partial charge in [0.15, 0.2) is 6.10 Å². The normalized spacial score (nSPS) is 14.3. The standard InChI is InChI=1S/C45H74NO8P/c1-3-5-7-9-11-13-15-17-19-20-21-22-24-25-27-29-31-33-35-37-44(47)51-41-43(42-53-55(49,50)52-40-39-46)54-45(48)38-36-34-32-30-28-26-23-18-16-14-12-10-8-6-4-2/h5,7,11-14,17-19,21-23,25,27-28,30,43H,3-4,6,8-10,15-16,20,24,26,29,31-42,46H2,1-2H3,(H,49,50)/b7-5+,13-11+,14-12+,19-17+,22-21+,23-18+,27-25+,30-28+/t43-/m1/s1. The van der Waals surface area contributed by atoms with Gasteiger partial charge < -0.3 is 20.1 Å². The molecule has 0 aliphatic carbocycles. The molecule has 0 saturated heterocycles. The molecule has 3 N–H and O–H groups in total. The van der Waals surface area contributed by atoms with E-state index >= 15 is 0 Å². The van der Waals surface area contributed by atoms with E-state index in [1.807, 2.05) is 0 Å². The fourth-order valence-corrected chi connectivity index (χ4v) is 5.67. The van der Waals surface area contributed by atoms with Gasteiger partial charge in [-0.2, -0.15) is 0 Å². The maximum atomic E-state index is 12.5. The lowest BCUT2D eigenvalue weighted by atomic mass is 10.1. The first kappa shape index (κ1) is 51.9. The van der Waals surface area contributed by atoms with E-state index in [9.17, 15) is 19.0 Å². The van der Waals surface area contributed by atoms with Crippen molar-refractivity contribution < 1.29 is 37.6 Å². The first-order valence-corrected chi connectivity index (χ1v) is 22.2. The predicted molar refractivity (Wildman–Crippen MR) is 228 cm³/mol. The van der Waals surface area contributed by atoms with Crippen molar-refractivity contribution in [2.75, 3.05) is 26.4 Å². The topological polar surface area (TPSA) is 134 Å². The van der Waals surface area contributed by atoms with Crippen LogP contribution in [0.1, 0.15) is 142 Å². The van der Waals surface area contributed by atoms with Gasteiger partial charge in [0.05, 0.1) is 13.2 Å². The van der Waals surface area contributed by atoms with E-state index in [1.54, 1.807) is 0 Å². The van der Waals surface area contributed by atoms with Crippen LogP contribution in [0.25, 0.3) is 0 Å². The minimum Gasteiger partial charge on any atom is -0.462 e. The highest BCUT2D eigenvalue weighted by Gasteiger charge is 2.25. The minimum absolute atomic E-state index is 0.0367. The number of unbranched alkanes of at least 4 members (excludes halogenated alkanes) is 8. The van der Waals surface area contributed by atoms with Crippen LogP contribution in [0.4, 0.5) is 0 Å². The maximum absolute atomic E-state index is 12.5. The number of ether oxygens (including phenoxy) is 2. The largest absolute Gasteiger partial charge is 0.472 e. The van der Waals surface area contributed by atoms with Crippen molar-refractivity contribution in [3.8, 4) is 0 Å². The molecule has 0 rings (SSSR count). The highest BCUT2D eigenvalue weighted by molar-refractivity contribution is 7.47. The highest BCUT2D eigenvalue weighted by Crippen LogP contribution is 2.43. The Morgan fingerprint density at radius 3 is 1.49 bits per heavy atom. The Labute approximate surface area is 334 Å². The van der Waals surface area contributed by atoms with Gasteiger partial charge in [-0.1, -0.05) is 130 Å². The predicted octanol–water partition coefficient (Wildman–Crippen LogP) is 11.8. The molecule has 9 nitrogen and oxygen atoms in total. The fourth-order valence-electron chi connectivity index (χ4n) is 4.90. The molecule has 0 aliphatic rings. The molecule has 1 unspecified atom stereocenters. The van der Waals surface area contributed by atoms with E-state index in [-0.39, 0.29) is 32.6 Å². The Bertz CT molecular complexity index is 1220. The van der Waals surface area contributed by atoms with Crippen molar-refractivity contribution in [3.05, 3.63) is 97.2 Å². The molecule has 0 spiro atoms. The molecule has 312 valence electrons. The quantitative estimate of drug-likeness (QED) is 0.0273. The van der Waals surface area contributed by atoms with Gasteiger partial charge in [-0.05, 0) is 96.3 Å². The second-order valence-corrected chi connectivity index (χ2v) is 14.6. The summed E-state index contributed by atoms with van der Waals surface area (Å²) >= 11 is 0. The number of hydrogen-bond acceptors (Lipinski definition) is 8. The van der Waals surface area contributed by atoms with Crippen LogP contribution in [0, 0.1) is 0 Å². The number of nitrogens with two attached hydrogens (primary N) is 1. The van der Waals surface area contributed by atoms with Crippen LogP contribution in [-0.2, 0) is 32.7 Å². The van der Waals surface area contributed by atoms with Crippen LogP contribution in [-0.4, -0.2) is 49.3 Å². The number of carbonyl (C=O) groups excluding carboxylic acids is 2. The smallest absolute Gasteiger partial charge is 0.462 e. The molecule has 10 heteroatoms. The molecule has 0 aromatic heterocycles. The lowest BCUT2D eigenvalue weighted by Crippen LogP contribution is -2.29. The van der Waals surface area contributed by atoms with Crippen molar-refractivity contribution in [1.82, 2.24) is 0 Å². The van der Waals surface area contributed by atoms with Crippen LogP contribution in [0.2, 0.25) is 0 Å².